The monoisotopic (exact) mass is 338 g/mol. The van der Waals surface area contributed by atoms with E-state index in [-0.39, 0.29) is 0 Å². The van der Waals surface area contributed by atoms with Crippen LogP contribution in [0.25, 0.3) is 0 Å². The number of benzene rings is 1. The van der Waals surface area contributed by atoms with Gasteiger partial charge >= 0.3 is 5.97 Å². The van der Waals surface area contributed by atoms with E-state index in [1.165, 1.54) is 63.4 Å². The van der Waals surface area contributed by atoms with E-state index >= 15 is 0 Å². The van der Waals surface area contributed by atoms with E-state index in [0.29, 0.717) is 6.42 Å². The summed E-state index contributed by atoms with van der Waals surface area (Å²) in [6.07, 6.45) is 14.9. The zero-order valence-electron chi connectivity index (χ0n) is 14.2. The van der Waals surface area contributed by atoms with Gasteiger partial charge in [0.05, 0.1) is 0 Å². The fraction of sp³-hybridized carbons (Fsp3) is 0.650. The summed E-state index contributed by atoms with van der Waals surface area (Å²) in [4.78, 5) is 10.4. The fourth-order valence-electron chi connectivity index (χ4n) is 2.88. The average molecular weight is 339 g/mol. The Morgan fingerprint density at radius 3 is 1.78 bits per heavy atom. The van der Waals surface area contributed by atoms with Crippen LogP contribution in [0, 0.1) is 0 Å². The topological polar surface area (TPSA) is 37.3 Å². The highest BCUT2D eigenvalue weighted by atomic mass is 35.5. The molecule has 0 saturated heterocycles. The molecule has 0 bridgehead atoms. The average Bonchev–Trinajstić information content (AvgIpc) is 2.53. The molecule has 0 aliphatic rings. The van der Waals surface area contributed by atoms with Crippen LogP contribution in [0.2, 0.25) is 5.02 Å². The Bertz CT molecular complexity index is 431. The van der Waals surface area contributed by atoms with Crippen molar-refractivity contribution in [3.05, 3.63) is 34.9 Å². The van der Waals surface area contributed by atoms with Crippen LogP contribution in [0.1, 0.15) is 82.6 Å². The highest BCUT2D eigenvalue weighted by molar-refractivity contribution is 6.31. The van der Waals surface area contributed by atoms with Crippen LogP contribution in [0.5, 0.6) is 0 Å². The quantitative estimate of drug-likeness (QED) is 0.385. The van der Waals surface area contributed by atoms with E-state index in [2.05, 4.69) is 12.1 Å². The summed E-state index contributed by atoms with van der Waals surface area (Å²) >= 11 is 6.15. The third-order valence-corrected chi connectivity index (χ3v) is 4.66. The molecule has 0 atom stereocenters. The summed E-state index contributed by atoms with van der Waals surface area (Å²) in [7, 11) is 0. The van der Waals surface area contributed by atoms with Crippen LogP contribution < -0.4 is 0 Å². The maximum atomic E-state index is 10.4. The van der Waals surface area contributed by atoms with Crippen LogP contribution in [-0.4, -0.2) is 11.1 Å². The molecule has 23 heavy (non-hydrogen) atoms. The lowest BCUT2D eigenvalue weighted by molar-refractivity contribution is -0.137. The van der Waals surface area contributed by atoms with Gasteiger partial charge in [-0.15, -0.1) is 0 Å². The van der Waals surface area contributed by atoms with Gasteiger partial charge in [-0.25, -0.2) is 0 Å². The molecule has 0 amide bonds. The number of hydrogen-bond donors (Lipinski definition) is 1. The van der Waals surface area contributed by atoms with Gasteiger partial charge in [-0.1, -0.05) is 87.6 Å². The van der Waals surface area contributed by atoms with Crippen LogP contribution in [0.3, 0.4) is 0 Å². The minimum atomic E-state index is -0.667. The number of carboxylic acids is 1. The van der Waals surface area contributed by atoms with Crippen LogP contribution in [-0.2, 0) is 11.2 Å². The molecule has 1 N–H and O–H groups in total. The van der Waals surface area contributed by atoms with Gasteiger partial charge in [0.25, 0.3) is 0 Å². The van der Waals surface area contributed by atoms with E-state index in [1.807, 2.05) is 12.1 Å². The molecule has 0 aliphatic carbocycles. The van der Waals surface area contributed by atoms with E-state index < -0.39 is 5.97 Å². The van der Waals surface area contributed by atoms with Gasteiger partial charge in [0.2, 0.25) is 0 Å². The Balaban J connectivity index is 1.81. The van der Waals surface area contributed by atoms with Gasteiger partial charge in [0.15, 0.2) is 0 Å². The molecule has 0 unspecified atom stereocenters. The highest BCUT2D eigenvalue weighted by Crippen LogP contribution is 2.18. The van der Waals surface area contributed by atoms with Crippen molar-refractivity contribution in [3.8, 4) is 0 Å². The summed E-state index contributed by atoms with van der Waals surface area (Å²) in [6, 6.07) is 8.14. The van der Waals surface area contributed by atoms with Gasteiger partial charge < -0.3 is 5.11 Å². The molecular weight excluding hydrogens is 308 g/mol. The molecule has 2 nitrogen and oxygen atoms in total. The zero-order valence-corrected chi connectivity index (χ0v) is 15.0. The maximum Gasteiger partial charge on any atom is 0.303 e. The Kier molecular flexibility index (Phi) is 11.7. The van der Waals surface area contributed by atoms with Crippen LogP contribution in [0.15, 0.2) is 24.3 Å². The number of aryl methyl sites for hydroxylation is 1. The lowest BCUT2D eigenvalue weighted by Gasteiger charge is -2.04. The summed E-state index contributed by atoms with van der Waals surface area (Å²) in [5, 5.41) is 9.45. The molecule has 1 aromatic carbocycles. The standard InChI is InChI=1S/C20H31ClO2/c21-19-16-13-12-15-18(19)14-10-8-6-4-2-1-3-5-7-9-11-17-20(22)23/h12-13,15-16H,1-11,14,17H2,(H,22,23). The number of unbranched alkanes of at least 4 members (excludes halogenated alkanes) is 10. The summed E-state index contributed by atoms with van der Waals surface area (Å²) in [6.45, 7) is 0. The largest absolute Gasteiger partial charge is 0.481 e. The molecule has 1 aromatic rings. The molecule has 0 spiro atoms. The first-order chi connectivity index (χ1) is 11.2. The molecule has 0 fully saturated rings. The number of hydrogen-bond acceptors (Lipinski definition) is 1. The Hall–Kier alpha value is -1.02. The van der Waals surface area contributed by atoms with Gasteiger partial charge in [-0.05, 0) is 30.9 Å². The minimum absolute atomic E-state index is 0.328. The first-order valence-corrected chi connectivity index (χ1v) is 9.53. The Labute approximate surface area is 146 Å². The third-order valence-electron chi connectivity index (χ3n) is 4.29. The van der Waals surface area contributed by atoms with Gasteiger partial charge in [0.1, 0.15) is 0 Å². The minimum Gasteiger partial charge on any atom is -0.481 e. The van der Waals surface area contributed by atoms with Crippen LogP contribution in [0.4, 0.5) is 0 Å². The predicted molar refractivity (Wildman–Crippen MR) is 98.2 cm³/mol. The molecule has 0 radical (unpaired) electrons. The second-order valence-corrected chi connectivity index (χ2v) is 6.78. The lowest BCUT2D eigenvalue weighted by Crippen LogP contribution is -1.93. The highest BCUT2D eigenvalue weighted by Gasteiger charge is 1.99. The lowest BCUT2D eigenvalue weighted by atomic mass is 10.0. The molecule has 0 saturated carbocycles. The molecule has 0 aromatic heterocycles. The van der Waals surface area contributed by atoms with Crippen LogP contribution >= 0.6 is 11.6 Å². The number of carbonyl (C=O) groups is 1. The van der Waals surface area contributed by atoms with Gasteiger partial charge in [-0.3, -0.25) is 4.79 Å². The Morgan fingerprint density at radius 1 is 0.783 bits per heavy atom. The van der Waals surface area contributed by atoms with E-state index in [4.69, 9.17) is 16.7 Å². The summed E-state index contributed by atoms with van der Waals surface area (Å²) in [5.74, 6) is -0.667. The predicted octanol–water partition coefficient (Wildman–Crippen LogP) is 6.65. The van der Waals surface area contributed by atoms with Crippen molar-refractivity contribution in [2.45, 2.75) is 83.5 Å². The smallest absolute Gasteiger partial charge is 0.303 e. The first kappa shape index (κ1) is 20.0. The zero-order chi connectivity index (χ0) is 16.8. The SMILES string of the molecule is O=C(O)CCCCCCCCCCCCCc1ccccc1Cl. The molecule has 1 rings (SSSR count). The number of carboxylic acid groups (broad SMARTS) is 1. The van der Waals surface area contributed by atoms with E-state index in [0.717, 1.165) is 24.3 Å². The summed E-state index contributed by atoms with van der Waals surface area (Å²) in [5.41, 5.74) is 1.28. The van der Waals surface area contributed by atoms with Crippen molar-refractivity contribution in [2.75, 3.05) is 0 Å². The molecule has 0 heterocycles. The molecular formula is C20H31ClO2. The van der Waals surface area contributed by atoms with Gasteiger partial charge in [0, 0.05) is 11.4 Å². The van der Waals surface area contributed by atoms with Crippen molar-refractivity contribution in [1.29, 1.82) is 0 Å². The van der Waals surface area contributed by atoms with Crippen molar-refractivity contribution >= 4 is 17.6 Å². The summed E-state index contributed by atoms with van der Waals surface area (Å²) < 4.78 is 0. The maximum absolute atomic E-state index is 10.4. The van der Waals surface area contributed by atoms with E-state index in [1.54, 1.807) is 0 Å². The fourth-order valence-corrected chi connectivity index (χ4v) is 3.11. The second kappa shape index (κ2) is 13.4. The third kappa shape index (κ3) is 11.2. The first-order valence-electron chi connectivity index (χ1n) is 9.15. The van der Waals surface area contributed by atoms with Crippen molar-refractivity contribution in [3.63, 3.8) is 0 Å². The molecule has 0 aliphatic heterocycles. The number of rotatable bonds is 14. The van der Waals surface area contributed by atoms with E-state index in [9.17, 15) is 4.79 Å². The number of aliphatic carboxylic acids is 1. The van der Waals surface area contributed by atoms with Crippen molar-refractivity contribution in [1.82, 2.24) is 0 Å². The van der Waals surface area contributed by atoms with Gasteiger partial charge in [-0.2, -0.15) is 0 Å². The Morgan fingerprint density at radius 2 is 1.26 bits per heavy atom. The normalized spacial score (nSPS) is 10.8. The van der Waals surface area contributed by atoms with Crippen molar-refractivity contribution in [2.24, 2.45) is 0 Å². The van der Waals surface area contributed by atoms with Crippen molar-refractivity contribution < 1.29 is 9.90 Å². The molecule has 130 valence electrons. The molecule has 3 heteroatoms. The number of halogens is 1. The second-order valence-electron chi connectivity index (χ2n) is 6.37.